The van der Waals surface area contributed by atoms with Crippen LogP contribution in [0.2, 0.25) is 0 Å². The zero-order valence-corrected chi connectivity index (χ0v) is 8.54. The van der Waals surface area contributed by atoms with Gasteiger partial charge < -0.3 is 15.6 Å². The smallest absolute Gasteiger partial charge is 0.227 e. The van der Waals surface area contributed by atoms with Crippen molar-refractivity contribution < 1.29 is 4.79 Å². The molecular weight excluding hydrogens is 202 g/mol. The molecule has 0 bridgehead atoms. The van der Waals surface area contributed by atoms with E-state index in [0.29, 0.717) is 12.4 Å². The first kappa shape index (κ1) is 10.6. The van der Waals surface area contributed by atoms with E-state index in [9.17, 15) is 4.79 Å². The van der Waals surface area contributed by atoms with Gasteiger partial charge in [0.05, 0.1) is 18.0 Å². The van der Waals surface area contributed by atoms with Gasteiger partial charge in [-0.15, -0.1) is 10.2 Å². The van der Waals surface area contributed by atoms with Crippen LogP contribution >= 0.6 is 12.2 Å². The second kappa shape index (κ2) is 4.66. The minimum absolute atomic E-state index is 0.0627. The Kier molecular flexibility index (Phi) is 3.52. The molecule has 1 aromatic rings. The van der Waals surface area contributed by atoms with Gasteiger partial charge in [-0.05, 0) is 0 Å². The summed E-state index contributed by atoms with van der Waals surface area (Å²) in [6.45, 7) is 0.331. The molecule has 3 N–H and O–H groups in total. The minimum Gasteiger partial charge on any atom is -0.393 e. The molecule has 76 valence electrons. The first-order valence-corrected chi connectivity index (χ1v) is 4.38. The van der Waals surface area contributed by atoms with E-state index in [4.69, 9.17) is 5.73 Å². The Morgan fingerprint density at radius 1 is 1.79 bits per heavy atom. The van der Waals surface area contributed by atoms with Crippen LogP contribution in [0.1, 0.15) is 12.2 Å². The monoisotopic (exact) mass is 213 g/mol. The number of hydrogen-bond acceptors (Lipinski definition) is 4. The third-order valence-corrected chi connectivity index (χ3v) is 1.73. The quantitative estimate of drug-likeness (QED) is 0.633. The van der Waals surface area contributed by atoms with Crippen molar-refractivity contribution in [1.82, 2.24) is 20.1 Å². The number of amides is 1. The van der Waals surface area contributed by atoms with Crippen LogP contribution in [0.4, 0.5) is 0 Å². The molecule has 0 saturated carbocycles. The lowest BCUT2D eigenvalue weighted by Crippen LogP contribution is -2.28. The molecule has 0 radical (unpaired) electrons. The molecule has 0 aliphatic carbocycles. The Bertz CT molecular complexity index is 348. The summed E-state index contributed by atoms with van der Waals surface area (Å²) in [4.78, 5) is 11.3. The molecule has 0 fully saturated rings. The Hall–Kier alpha value is -1.50. The molecule has 0 saturated heterocycles. The third kappa shape index (κ3) is 3.09. The largest absolute Gasteiger partial charge is 0.393 e. The van der Waals surface area contributed by atoms with Gasteiger partial charge in [0.25, 0.3) is 0 Å². The lowest BCUT2D eigenvalue weighted by molar-refractivity contribution is -0.120. The zero-order valence-electron chi connectivity index (χ0n) is 7.73. The van der Waals surface area contributed by atoms with E-state index >= 15 is 0 Å². The summed E-state index contributed by atoms with van der Waals surface area (Å²) < 4.78 is 1.72. The van der Waals surface area contributed by atoms with E-state index in [-0.39, 0.29) is 17.3 Å². The van der Waals surface area contributed by atoms with Crippen molar-refractivity contribution in [2.24, 2.45) is 12.8 Å². The van der Waals surface area contributed by atoms with Crippen molar-refractivity contribution in [1.29, 1.82) is 0 Å². The molecule has 0 spiro atoms. The number of nitrogens with zero attached hydrogens (tertiary/aromatic N) is 3. The van der Waals surface area contributed by atoms with Gasteiger partial charge in [-0.25, -0.2) is 0 Å². The maximum atomic E-state index is 11.1. The number of nitrogens with one attached hydrogen (secondary N) is 1. The van der Waals surface area contributed by atoms with E-state index in [1.807, 2.05) is 0 Å². The molecule has 0 aliphatic heterocycles. The summed E-state index contributed by atoms with van der Waals surface area (Å²) in [6.07, 6.45) is 1.63. The summed E-state index contributed by atoms with van der Waals surface area (Å²) >= 11 is 4.60. The lowest BCUT2D eigenvalue weighted by Gasteiger charge is -2.03. The minimum atomic E-state index is -0.208. The topological polar surface area (TPSA) is 85.8 Å². The molecule has 6 nitrogen and oxygen atoms in total. The van der Waals surface area contributed by atoms with Gasteiger partial charge in [-0.1, -0.05) is 12.2 Å². The average molecular weight is 213 g/mol. The molecule has 1 aromatic heterocycles. The summed E-state index contributed by atoms with van der Waals surface area (Å²) in [6, 6.07) is 0. The van der Waals surface area contributed by atoms with Crippen molar-refractivity contribution in [2.45, 2.75) is 13.0 Å². The third-order valence-electron chi connectivity index (χ3n) is 1.58. The summed E-state index contributed by atoms with van der Waals surface area (Å²) in [5.41, 5.74) is 5.21. The standard InChI is InChI=1S/C7H11N5OS/c1-12-4-10-11-6(12)3-9-7(13)2-5(8)14/h4H,2-3H2,1H3,(H2,8,14)(H,9,13). The van der Waals surface area contributed by atoms with Crippen molar-refractivity contribution in [2.75, 3.05) is 0 Å². The molecule has 14 heavy (non-hydrogen) atoms. The van der Waals surface area contributed by atoms with E-state index in [1.165, 1.54) is 0 Å². The van der Waals surface area contributed by atoms with E-state index in [1.54, 1.807) is 17.9 Å². The normalized spacial score (nSPS) is 9.79. The molecule has 0 aliphatic rings. The first-order valence-electron chi connectivity index (χ1n) is 3.97. The molecule has 1 heterocycles. The van der Waals surface area contributed by atoms with Crippen LogP contribution in [0.15, 0.2) is 6.33 Å². The van der Waals surface area contributed by atoms with Gasteiger partial charge in [0.2, 0.25) is 5.91 Å². The van der Waals surface area contributed by atoms with Gasteiger partial charge in [-0.2, -0.15) is 0 Å². The second-order valence-electron chi connectivity index (χ2n) is 2.78. The predicted molar refractivity (Wildman–Crippen MR) is 54.3 cm³/mol. The van der Waals surface area contributed by atoms with Gasteiger partial charge in [0.15, 0.2) is 5.82 Å². The number of aryl methyl sites for hydroxylation is 1. The Labute approximate surface area is 86.5 Å². The van der Waals surface area contributed by atoms with Crippen molar-refractivity contribution in [3.63, 3.8) is 0 Å². The SMILES string of the molecule is Cn1cnnc1CNC(=O)CC(N)=S. The van der Waals surface area contributed by atoms with Crippen LogP contribution in [0.3, 0.4) is 0 Å². The Morgan fingerprint density at radius 2 is 2.50 bits per heavy atom. The predicted octanol–water partition coefficient (Wildman–Crippen LogP) is -0.892. The highest BCUT2D eigenvalue weighted by atomic mass is 32.1. The molecule has 0 unspecified atom stereocenters. The van der Waals surface area contributed by atoms with Crippen LogP contribution in [-0.4, -0.2) is 25.7 Å². The molecule has 0 aromatic carbocycles. The van der Waals surface area contributed by atoms with Crippen LogP contribution in [0, 0.1) is 0 Å². The summed E-state index contributed by atoms with van der Waals surface area (Å²) in [5, 5.41) is 10.1. The highest BCUT2D eigenvalue weighted by molar-refractivity contribution is 7.80. The van der Waals surface area contributed by atoms with Crippen LogP contribution in [0.5, 0.6) is 0 Å². The van der Waals surface area contributed by atoms with Crippen LogP contribution in [-0.2, 0) is 18.4 Å². The fourth-order valence-electron chi connectivity index (χ4n) is 0.866. The van der Waals surface area contributed by atoms with Gasteiger partial charge in [0, 0.05) is 7.05 Å². The molecule has 7 heteroatoms. The maximum Gasteiger partial charge on any atom is 0.227 e. The highest BCUT2D eigenvalue weighted by Gasteiger charge is 2.05. The molecule has 1 rings (SSSR count). The lowest BCUT2D eigenvalue weighted by atomic mass is 10.4. The number of hydrogen-bond donors (Lipinski definition) is 2. The number of rotatable bonds is 4. The highest BCUT2D eigenvalue weighted by Crippen LogP contribution is 1.90. The maximum absolute atomic E-state index is 11.1. The average Bonchev–Trinajstić information content (AvgIpc) is 2.46. The molecule has 1 amide bonds. The number of carbonyl (C=O) groups excluding carboxylic acids is 1. The Balaban J connectivity index is 2.38. The van der Waals surface area contributed by atoms with Crippen LogP contribution < -0.4 is 11.1 Å². The Morgan fingerprint density at radius 3 is 3.00 bits per heavy atom. The summed E-state index contributed by atoms with van der Waals surface area (Å²) in [7, 11) is 1.80. The van der Waals surface area contributed by atoms with E-state index in [2.05, 4.69) is 27.7 Å². The van der Waals surface area contributed by atoms with Gasteiger partial charge in [0.1, 0.15) is 6.33 Å². The molecular formula is C7H11N5OS. The van der Waals surface area contributed by atoms with E-state index in [0.717, 1.165) is 0 Å². The fourth-order valence-corrected chi connectivity index (χ4v) is 0.997. The van der Waals surface area contributed by atoms with Crippen molar-refractivity contribution in [3.05, 3.63) is 12.2 Å². The number of nitrogens with two attached hydrogens (primary N) is 1. The number of carbonyl (C=O) groups is 1. The second-order valence-corrected chi connectivity index (χ2v) is 3.30. The number of aromatic nitrogens is 3. The number of thiocarbonyl (C=S) groups is 1. The van der Waals surface area contributed by atoms with Crippen molar-refractivity contribution in [3.8, 4) is 0 Å². The summed E-state index contributed by atoms with van der Waals surface area (Å²) in [5.74, 6) is 0.474. The molecule has 0 atom stereocenters. The van der Waals surface area contributed by atoms with Gasteiger partial charge >= 0.3 is 0 Å². The van der Waals surface area contributed by atoms with E-state index < -0.39 is 0 Å². The van der Waals surface area contributed by atoms with Gasteiger partial charge in [-0.3, -0.25) is 4.79 Å². The zero-order chi connectivity index (χ0) is 10.6. The fraction of sp³-hybridized carbons (Fsp3) is 0.429. The van der Waals surface area contributed by atoms with Crippen LogP contribution in [0.25, 0.3) is 0 Å². The first-order chi connectivity index (χ1) is 6.59. The van der Waals surface area contributed by atoms with Crippen molar-refractivity contribution >= 4 is 23.1 Å².